The fraction of sp³-hybridized carbons (Fsp3) is 0.294. The van der Waals surface area contributed by atoms with Gasteiger partial charge in [0.1, 0.15) is 6.04 Å². The van der Waals surface area contributed by atoms with Crippen LogP contribution in [0.5, 0.6) is 11.5 Å². The van der Waals surface area contributed by atoms with E-state index in [0.29, 0.717) is 16.6 Å². The zero-order valence-electron chi connectivity index (χ0n) is 14.1. The van der Waals surface area contributed by atoms with Gasteiger partial charge >= 0.3 is 6.03 Å². The Morgan fingerprint density at radius 3 is 3.00 bits per heavy atom. The molecule has 0 radical (unpaired) electrons. The standard InChI is InChI=1S/C17H16N4O5S/c22-14(20-16-18-5-6-27-16)4-2-11-15(23)21(17(24)19-11)8-10-1-3-12-13(7-10)26-9-25-12/h1,3,5-7,11H,2,4,8-9H2,(H,19,24)(H,18,20,22)/t11-/m0/s1. The molecule has 9 nitrogen and oxygen atoms in total. The first-order chi connectivity index (χ1) is 13.1. The number of imide groups is 1. The van der Waals surface area contributed by atoms with Gasteiger partial charge in [-0.3, -0.25) is 14.5 Å². The zero-order chi connectivity index (χ0) is 18.8. The molecule has 2 aliphatic heterocycles. The summed E-state index contributed by atoms with van der Waals surface area (Å²) in [5.41, 5.74) is 0.755. The molecule has 0 unspecified atom stereocenters. The topological polar surface area (TPSA) is 110 Å². The molecule has 4 rings (SSSR count). The van der Waals surface area contributed by atoms with Crippen LogP contribution in [0.2, 0.25) is 0 Å². The number of nitrogens with one attached hydrogen (secondary N) is 2. The molecule has 1 fully saturated rings. The Labute approximate surface area is 158 Å². The van der Waals surface area contributed by atoms with Crippen molar-refractivity contribution >= 4 is 34.3 Å². The molecule has 2 N–H and O–H groups in total. The molecule has 0 aliphatic carbocycles. The van der Waals surface area contributed by atoms with E-state index in [2.05, 4.69) is 15.6 Å². The second-order valence-electron chi connectivity index (χ2n) is 6.04. The Balaban J connectivity index is 1.33. The van der Waals surface area contributed by atoms with Crippen LogP contribution in [0.4, 0.5) is 9.93 Å². The molecule has 2 aromatic rings. The smallest absolute Gasteiger partial charge is 0.325 e. The van der Waals surface area contributed by atoms with Crippen molar-refractivity contribution in [3.8, 4) is 11.5 Å². The Hall–Kier alpha value is -3.14. The van der Waals surface area contributed by atoms with E-state index in [0.717, 1.165) is 10.5 Å². The van der Waals surface area contributed by atoms with Crippen molar-refractivity contribution in [3.05, 3.63) is 35.3 Å². The molecular weight excluding hydrogens is 372 g/mol. The third kappa shape index (κ3) is 3.70. The summed E-state index contributed by atoms with van der Waals surface area (Å²) in [5.74, 6) is 0.635. The highest BCUT2D eigenvalue weighted by Crippen LogP contribution is 2.33. The van der Waals surface area contributed by atoms with Gasteiger partial charge in [-0.2, -0.15) is 0 Å². The van der Waals surface area contributed by atoms with Gasteiger partial charge in [-0.15, -0.1) is 11.3 Å². The van der Waals surface area contributed by atoms with Crippen molar-refractivity contribution in [1.29, 1.82) is 0 Å². The third-order valence-corrected chi connectivity index (χ3v) is 4.91. The molecule has 1 aromatic heterocycles. The quantitative estimate of drug-likeness (QED) is 0.729. The Bertz CT molecular complexity index is 885. The molecule has 10 heteroatoms. The van der Waals surface area contributed by atoms with Crippen molar-refractivity contribution < 1.29 is 23.9 Å². The van der Waals surface area contributed by atoms with Crippen LogP contribution in [-0.4, -0.2) is 40.6 Å². The highest BCUT2D eigenvalue weighted by Gasteiger charge is 2.38. The Morgan fingerprint density at radius 2 is 2.19 bits per heavy atom. The summed E-state index contributed by atoms with van der Waals surface area (Å²) in [6.07, 6.45) is 1.92. The lowest BCUT2D eigenvalue weighted by Gasteiger charge is -2.13. The second-order valence-corrected chi connectivity index (χ2v) is 6.93. The van der Waals surface area contributed by atoms with Crippen LogP contribution in [0.25, 0.3) is 0 Å². The van der Waals surface area contributed by atoms with Gasteiger partial charge in [0, 0.05) is 18.0 Å². The van der Waals surface area contributed by atoms with Gasteiger partial charge in [-0.25, -0.2) is 9.78 Å². The monoisotopic (exact) mass is 388 g/mol. The molecule has 2 aliphatic rings. The molecule has 3 heterocycles. The Morgan fingerprint density at radius 1 is 1.33 bits per heavy atom. The average Bonchev–Trinajstić information content (AvgIpc) is 3.37. The minimum atomic E-state index is -0.714. The molecule has 1 atom stereocenters. The molecule has 4 amide bonds. The van der Waals surface area contributed by atoms with E-state index in [-0.39, 0.29) is 38.0 Å². The molecule has 0 bridgehead atoms. The molecule has 1 aromatic carbocycles. The number of anilines is 1. The summed E-state index contributed by atoms with van der Waals surface area (Å²) in [6.45, 7) is 0.288. The summed E-state index contributed by atoms with van der Waals surface area (Å²) in [4.78, 5) is 41.7. The van der Waals surface area contributed by atoms with Crippen LogP contribution < -0.4 is 20.1 Å². The maximum absolute atomic E-state index is 12.5. The first-order valence-electron chi connectivity index (χ1n) is 8.30. The number of urea groups is 1. The van der Waals surface area contributed by atoms with Gasteiger partial charge in [0.2, 0.25) is 12.7 Å². The van der Waals surface area contributed by atoms with Gasteiger partial charge in [0.25, 0.3) is 5.91 Å². The van der Waals surface area contributed by atoms with Gasteiger partial charge < -0.3 is 20.1 Å². The van der Waals surface area contributed by atoms with Crippen LogP contribution >= 0.6 is 11.3 Å². The lowest BCUT2D eigenvalue weighted by atomic mass is 10.1. The van der Waals surface area contributed by atoms with Crippen molar-refractivity contribution in [2.24, 2.45) is 0 Å². The third-order valence-electron chi connectivity index (χ3n) is 4.22. The van der Waals surface area contributed by atoms with E-state index in [1.54, 1.807) is 29.8 Å². The Kier molecular flexibility index (Phi) is 4.63. The predicted octanol–water partition coefficient (Wildman–Crippen LogP) is 1.71. The van der Waals surface area contributed by atoms with E-state index < -0.39 is 12.1 Å². The van der Waals surface area contributed by atoms with Crippen molar-refractivity contribution in [2.75, 3.05) is 12.1 Å². The van der Waals surface area contributed by atoms with Crippen molar-refractivity contribution in [2.45, 2.75) is 25.4 Å². The number of ether oxygens (including phenoxy) is 2. The van der Waals surface area contributed by atoms with Crippen LogP contribution in [0.3, 0.4) is 0 Å². The average molecular weight is 388 g/mol. The van der Waals surface area contributed by atoms with E-state index in [1.165, 1.54) is 11.3 Å². The summed E-state index contributed by atoms with van der Waals surface area (Å²) >= 11 is 1.31. The van der Waals surface area contributed by atoms with Crippen LogP contribution in [-0.2, 0) is 16.1 Å². The molecule has 0 spiro atoms. The number of fused-ring (bicyclic) bond motifs is 1. The first-order valence-corrected chi connectivity index (χ1v) is 9.18. The van der Waals surface area contributed by atoms with Crippen LogP contribution in [0.15, 0.2) is 29.8 Å². The number of hydrogen-bond acceptors (Lipinski definition) is 7. The molecule has 27 heavy (non-hydrogen) atoms. The first kappa shape index (κ1) is 17.3. The fourth-order valence-electron chi connectivity index (χ4n) is 2.89. The summed E-state index contributed by atoms with van der Waals surface area (Å²) in [6, 6.07) is 4.09. The lowest BCUT2D eigenvalue weighted by Crippen LogP contribution is -2.31. The number of benzene rings is 1. The number of carbonyl (C=O) groups excluding carboxylic acids is 3. The number of carbonyl (C=O) groups is 3. The van der Waals surface area contributed by atoms with E-state index in [1.807, 2.05) is 0 Å². The number of rotatable bonds is 6. The number of thiazole rings is 1. The van der Waals surface area contributed by atoms with Gasteiger partial charge in [-0.05, 0) is 24.1 Å². The van der Waals surface area contributed by atoms with Gasteiger partial charge in [0.05, 0.1) is 6.54 Å². The van der Waals surface area contributed by atoms with Gasteiger partial charge in [0.15, 0.2) is 16.6 Å². The fourth-order valence-corrected chi connectivity index (χ4v) is 3.43. The van der Waals surface area contributed by atoms with E-state index in [4.69, 9.17) is 9.47 Å². The number of amides is 4. The minimum Gasteiger partial charge on any atom is -0.454 e. The summed E-state index contributed by atoms with van der Waals surface area (Å²) < 4.78 is 10.6. The summed E-state index contributed by atoms with van der Waals surface area (Å²) in [5, 5.41) is 7.54. The second kappa shape index (κ2) is 7.23. The molecule has 0 saturated carbocycles. The largest absolute Gasteiger partial charge is 0.454 e. The predicted molar refractivity (Wildman–Crippen MR) is 95.4 cm³/mol. The van der Waals surface area contributed by atoms with Crippen LogP contribution in [0.1, 0.15) is 18.4 Å². The highest BCUT2D eigenvalue weighted by atomic mass is 32.1. The normalized spacial score (nSPS) is 17.9. The van der Waals surface area contributed by atoms with Crippen molar-refractivity contribution in [1.82, 2.24) is 15.2 Å². The number of nitrogens with zero attached hydrogens (tertiary/aromatic N) is 2. The maximum Gasteiger partial charge on any atom is 0.325 e. The maximum atomic E-state index is 12.5. The number of hydrogen-bond donors (Lipinski definition) is 2. The molecule has 1 saturated heterocycles. The van der Waals surface area contributed by atoms with E-state index >= 15 is 0 Å². The minimum absolute atomic E-state index is 0.105. The molecule has 140 valence electrons. The zero-order valence-corrected chi connectivity index (χ0v) is 15.0. The van der Waals surface area contributed by atoms with E-state index in [9.17, 15) is 14.4 Å². The number of aromatic nitrogens is 1. The van der Waals surface area contributed by atoms with Crippen LogP contribution in [0, 0.1) is 0 Å². The highest BCUT2D eigenvalue weighted by molar-refractivity contribution is 7.13. The SMILES string of the molecule is O=C(CC[C@@H]1NC(=O)N(Cc2ccc3c(c2)OCO3)C1=O)Nc1nccs1. The summed E-state index contributed by atoms with van der Waals surface area (Å²) in [7, 11) is 0. The molecular formula is C17H16N4O5S. The van der Waals surface area contributed by atoms with Gasteiger partial charge in [-0.1, -0.05) is 6.07 Å². The lowest BCUT2D eigenvalue weighted by molar-refractivity contribution is -0.128. The van der Waals surface area contributed by atoms with Crippen molar-refractivity contribution in [3.63, 3.8) is 0 Å².